The molecule has 0 aliphatic heterocycles. The Balaban J connectivity index is 1.71. The van der Waals surface area contributed by atoms with Crippen molar-refractivity contribution < 1.29 is 35.8 Å². The number of ether oxygens (including phenoxy) is 1. The number of halogens is 5. The van der Waals surface area contributed by atoms with Gasteiger partial charge >= 0.3 is 6.18 Å². The first-order valence-electron chi connectivity index (χ1n) is 11.8. The molecule has 0 aliphatic rings. The molecule has 0 heterocycles. The van der Waals surface area contributed by atoms with E-state index < -0.39 is 34.0 Å². The molecule has 0 fully saturated rings. The van der Waals surface area contributed by atoms with Gasteiger partial charge in [-0.15, -0.1) is 0 Å². The molecule has 0 unspecified atom stereocenters. The summed E-state index contributed by atoms with van der Waals surface area (Å²) in [7, 11) is -3.80. The summed E-state index contributed by atoms with van der Waals surface area (Å²) in [6.07, 6.45) is -2.58. The highest BCUT2D eigenvalue weighted by molar-refractivity contribution is 7.90. The van der Waals surface area contributed by atoms with E-state index in [9.17, 15) is 31.1 Å². The Morgan fingerprint density at radius 1 is 1.03 bits per heavy atom. The van der Waals surface area contributed by atoms with Gasteiger partial charge in [-0.2, -0.15) is 13.2 Å². The number of hydrogen-bond donors (Lipinski definition) is 1. The van der Waals surface area contributed by atoms with Crippen LogP contribution in [0.2, 0.25) is 5.02 Å². The smallest absolute Gasteiger partial charge is 0.417 e. The van der Waals surface area contributed by atoms with Crippen LogP contribution in [0.5, 0.6) is 5.75 Å². The van der Waals surface area contributed by atoms with Gasteiger partial charge in [0.15, 0.2) is 9.84 Å². The molecule has 0 aliphatic carbocycles. The maximum atomic E-state index is 14.3. The Kier molecular flexibility index (Phi) is 10.2. The number of aliphatic hydroxyl groups is 1. The van der Waals surface area contributed by atoms with Crippen LogP contribution in [0.25, 0.3) is 0 Å². The zero-order chi connectivity index (χ0) is 27.9. The molecular formula is C27H28ClF4NO4S. The highest BCUT2D eigenvalue weighted by Crippen LogP contribution is 2.36. The van der Waals surface area contributed by atoms with Crippen LogP contribution in [0.4, 0.5) is 17.6 Å². The second kappa shape index (κ2) is 12.9. The van der Waals surface area contributed by atoms with Crippen LogP contribution in [0, 0.1) is 5.82 Å². The molecule has 5 nitrogen and oxygen atoms in total. The molecule has 3 rings (SSSR count). The van der Waals surface area contributed by atoms with Gasteiger partial charge in [-0.05, 0) is 36.1 Å². The zero-order valence-electron chi connectivity index (χ0n) is 20.6. The van der Waals surface area contributed by atoms with Crippen molar-refractivity contribution in [2.45, 2.75) is 37.1 Å². The Bertz CT molecular complexity index is 1330. The third kappa shape index (κ3) is 8.17. The fourth-order valence-corrected chi connectivity index (χ4v) is 5.23. The van der Waals surface area contributed by atoms with Gasteiger partial charge in [0, 0.05) is 37.5 Å². The highest BCUT2D eigenvalue weighted by atomic mass is 35.5. The predicted octanol–water partition coefficient (Wildman–Crippen LogP) is 5.91. The molecule has 0 saturated heterocycles. The van der Waals surface area contributed by atoms with Crippen molar-refractivity contribution in [2.24, 2.45) is 0 Å². The first-order chi connectivity index (χ1) is 17.9. The number of benzene rings is 3. The number of aliphatic hydroxyl groups excluding tert-OH is 1. The summed E-state index contributed by atoms with van der Waals surface area (Å²) in [5, 5.41) is 9.00. The lowest BCUT2D eigenvalue weighted by molar-refractivity contribution is -0.137. The molecule has 3 aromatic rings. The zero-order valence-corrected chi connectivity index (χ0v) is 22.2. The minimum absolute atomic E-state index is 0.00289. The molecule has 1 N–H and O–H groups in total. The van der Waals surface area contributed by atoms with E-state index in [1.165, 1.54) is 12.1 Å². The average Bonchev–Trinajstić information content (AvgIpc) is 2.85. The van der Waals surface area contributed by atoms with Crippen LogP contribution >= 0.6 is 11.6 Å². The second-order valence-electron chi connectivity index (χ2n) is 8.80. The molecule has 0 saturated carbocycles. The largest absolute Gasteiger partial charge is 0.493 e. The summed E-state index contributed by atoms with van der Waals surface area (Å²) in [6, 6.07) is 15.6. The van der Waals surface area contributed by atoms with Crippen molar-refractivity contribution in [2.75, 3.05) is 26.0 Å². The van der Waals surface area contributed by atoms with Gasteiger partial charge < -0.3 is 9.84 Å². The molecule has 11 heteroatoms. The molecule has 0 atom stereocenters. The van der Waals surface area contributed by atoms with Gasteiger partial charge in [0.25, 0.3) is 0 Å². The third-order valence-electron chi connectivity index (χ3n) is 5.91. The Hall–Kier alpha value is -2.66. The van der Waals surface area contributed by atoms with E-state index >= 15 is 0 Å². The minimum Gasteiger partial charge on any atom is -0.493 e. The number of nitrogens with zero attached hydrogens (tertiary/aromatic N) is 1. The molecule has 206 valence electrons. The number of rotatable bonds is 12. The molecule has 0 bridgehead atoms. The highest BCUT2D eigenvalue weighted by Gasteiger charge is 2.34. The van der Waals surface area contributed by atoms with E-state index in [0.29, 0.717) is 31.5 Å². The van der Waals surface area contributed by atoms with E-state index in [0.717, 1.165) is 24.0 Å². The Morgan fingerprint density at radius 2 is 1.74 bits per heavy atom. The first-order valence-corrected chi connectivity index (χ1v) is 14.0. The van der Waals surface area contributed by atoms with E-state index in [4.69, 9.17) is 16.3 Å². The van der Waals surface area contributed by atoms with Crippen LogP contribution in [0.15, 0.2) is 65.6 Å². The lowest BCUT2D eigenvalue weighted by Crippen LogP contribution is -2.28. The summed E-state index contributed by atoms with van der Waals surface area (Å²) in [6.45, 7) is 0.458. The standard InChI is InChI=1S/C27H28ClF4NO4S/c1-38(35,36)25-16-21(15-24(29)22(25)18-34)37-14-6-12-33(13-11-19-7-3-2-4-8-19)17-20-9-5-10-23(26(20)28)27(30,31)32/h2-5,7-10,15-16,34H,6,11-14,17-18H2,1H3. The molecule has 0 amide bonds. The lowest BCUT2D eigenvalue weighted by Gasteiger charge is -2.24. The van der Waals surface area contributed by atoms with Crippen molar-refractivity contribution in [1.29, 1.82) is 0 Å². The van der Waals surface area contributed by atoms with Crippen LogP contribution in [0.1, 0.15) is 28.7 Å². The van der Waals surface area contributed by atoms with E-state index in [2.05, 4.69) is 0 Å². The van der Waals surface area contributed by atoms with Crippen LogP contribution in [-0.4, -0.2) is 44.4 Å². The predicted molar refractivity (Wildman–Crippen MR) is 137 cm³/mol. The van der Waals surface area contributed by atoms with Crippen molar-refractivity contribution in [3.05, 3.63) is 93.8 Å². The van der Waals surface area contributed by atoms with Crippen molar-refractivity contribution >= 4 is 21.4 Å². The van der Waals surface area contributed by atoms with E-state index in [-0.39, 0.29) is 34.4 Å². The summed E-state index contributed by atoms with van der Waals surface area (Å²) in [5.41, 5.74) is 0.189. The monoisotopic (exact) mass is 573 g/mol. The molecular weight excluding hydrogens is 546 g/mol. The van der Waals surface area contributed by atoms with Gasteiger partial charge in [0.1, 0.15) is 11.6 Å². The molecule has 0 spiro atoms. The lowest BCUT2D eigenvalue weighted by atomic mass is 10.1. The van der Waals surface area contributed by atoms with E-state index in [1.54, 1.807) is 6.07 Å². The van der Waals surface area contributed by atoms with Gasteiger partial charge in [-0.3, -0.25) is 4.90 Å². The Morgan fingerprint density at radius 3 is 2.37 bits per heavy atom. The fourth-order valence-electron chi connectivity index (χ4n) is 4.00. The maximum Gasteiger partial charge on any atom is 0.417 e. The average molecular weight is 574 g/mol. The topological polar surface area (TPSA) is 66.8 Å². The molecule has 3 aromatic carbocycles. The first kappa shape index (κ1) is 29.9. The van der Waals surface area contributed by atoms with Gasteiger partial charge in [-0.1, -0.05) is 54.1 Å². The Labute approximate surface area is 224 Å². The van der Waals surface area contributed by atoms with Crippen molar-refractivity contribution in [1.82, 2.24) is 4.90 Å². The normalized spacial score (nSPS) is 12.2. The van der Waals surface area contributed by atoms with Crippen molar-refractivity contribution in [3.63, 3.8) is 0 Å². The summed E-state index contributed by atoms with van der Waals surface area (Å²) >= 11 is 6.11. The number of alkyl halides is 3. The summed E-state index contributed by atoms with van der Waals surface area (Å²) in [4.78, 5) is 1.61. The van der Waals surface area contributed by atoms with Gasteiger partial charge in [0.2, 0.25) is 0 Å². The summed E-state index contributed by atoms with van der Waals surface area (Å²) in [5.74, 6) is -0.897. The molecule has 0 radical (unpaired) electrons. The number of sulfone groups is 1. The minimum atomic E-state index is -4.57. The van der Waals surface area contributed by atoms with Crippen LogP contribution in [-0.2, 0) is 35.6 Å². The summed E-state index contributed by atoms with van der Waals surface area (Å²) < 4.78 is 83.9. The molecule has 38 heavy (non-hydrogen) atoms. The van der Waals surface area contributed by atoms with Crippen LogP contribution in [0.3, 0.4) is 0 Å². The molecule has 0 aromatic heterocycles. The third-order valence-corrected chi connectivity index (χ3v) is 7.52. The fraction of sp³-hybridized carbons (Fsp3) is 0.333. The second-order valence-corrected chi connectivity index (χ2v) is 11.2. The van der Waals surface area contributed by atoms with E-state index in [1.807, 2.05) is 35.2 Å². The number of hydrogen-bond acceptors (Lipinski definition) is 5. The SMILES string of the molecule is CS(=O)(=O)c1cc(OCCCN(CCc2ccccc2)Cc2cccc(C(F)(F)F)c2Cl)cc(F)c1CO. The van der Waals surface area contributed by atoms with Crippen LogP contribution < -0.4 is 4.74 Å². The maximum absolute atomic E-state index is 14.3. The quantitative estimate of drug-likeness (QED) is 0.216. The van der Waals surface area contributed by atoms with Gasteiger partial charge in [0.05, 0.1) is 28.7 Å². The van der Waals surface area contributed by atoms with Crippen molar-refractivity contribution in [3.8, 4) is 5.75 Å². The van der Waals surface area contributed by atoms with Gasteiger partial charge in [-0.25, -0.2) is 12.8 Å².